The van der Waals surface area contributed by atoms with Crippen LogP contribution in [0.4, 0.5) is 0 Å². The molecule has 0 aliphatic carbocycles. The van der Waals surface area contributed by atoms with Crippen LogP contribution in [0.1, 0.15) is 25.5 Å². The normalized spacial score (nSPS) is 19.6. The van der Waals surface area contributed by atoms with Crippen LogP contribution in [0.25, 0.3) is 10.9 Å². The van der Waals surface area contributed by atoms with Gasteiger partial charge < -0.3 is 10.0 Å². The zero-order valence-electron chi connectivity index (χ0n) is 12.3. The van der Waals surface area contributed by atoms with Crippen molar-refractivity contribution in [2.75, 3.05) is 20.1 Å². The van der Waals surface area contributed by atoms with Crippen LogP contribution in [0, 0.1) is 0 Å². The van der Waals surface area contributed by atoms with Crippen molar-refractivity contribution in [3.8, 4) is 0 Å². The Morgan fingerprint density at radius 3 is 2.65 bits per heavy atom. The highest BCUT2D eigenvalue weighted by atomic mass is 16.3. The maximum atomic E-state index is 10.8. The quantitative estimate of drug-likeness (QED) is 0.930. The SMILES string of the molecule is CCn1nc(CC2(O)CCN(C)CC2)c2ccccc21. The van der Waals surface area contributed by atoms with Gasteiger partial charge in [-0.15, -0.1) is 0 Å². The minimum absolute atomic E-state index is 0.595. The van der Waals surface area contributed by atoms with Gasteiger partial charge in [-0.1, -0.05) is 18.2 Å². The molecule has 4 heteroatoms. The molecule has 1 aromatic carbocycles. The van der Waals surface area contributed by atoms with Crippen molar-refractivity contribution in [1.29, 1.82) is 0 Å². The lowest BCUT2D eigenvalue weighted by Crippen LogP contribution is -2.44. The number of aliphatic hydroxyl groups is 1. The fraction of sp³-hybridized carbons (Fsp3) is 0.562. The summed E-state index contributed by atoms with van der Waals surface area (Å²) < 4.78 is 2.03. The third-order valence-electron chi connectivity index (χ3n) is 4.45. The van der Waals surface area contributed by atoms with Crippen LogP contribution in [-0.4, -0.2) is 45.5 Å². The van der Waals surface area contributed by atoms with E-state index in [0.717, 1.165) is 38.2 Å². The second-order valence-electron chi connectivity index (χ2n) is 5.98. The van der Waals surface area contributed by atoms with Gasteiger partial charge in [0.25, 0.3) is 0 Å². The number of hydrogen-bond acceptors (Lipinski definition) is 3. The molecule has 2 aromatic rings. The van der Waals surface area contributed by atoms with Gasteiger partial charge >= 0.3 is 0 Å². The summed E-state index contributed by atoms with van der Waals surface area (Å²) in [6.07, 6.45) is 2.32. The second-order valence-corrected chi connectivity index (χ2v) is 5.98. The van der Waals surface area contributed by atoms with Crippen molar-refractivity contribution >= 4 is 10.9 Å². The molecule has 1 aliphatic heterocycles. The van der Waals surface area contributed by atoms with Crippen molar-refractivity contribution in [2.24, 2.45) is 0 Å². The Morgan fingerprint density at radius 1 is 1.25 bits per heavy atom. The average Bonchev–Trinajstić information content (AvgIpc) is 2.81. The highest BCUT2D eigenvalue weighted by Gasteiger charge is 2.32. The van der Waals surface area contributed by atoms with Crippen molar-refractivity contribution in [3.05, 3.63) is 30.0 Å². The smallest absolute Gasteiger partial charge is 0.0732 e. The van der Waals surface area contributed by atoms with Crippen molar-refractivity contribution in [2.45, 2.75) is 38.3 Å². The van der Waals surface area contributed by atoms with E-state index in [4.69, 9.17) is 5.10 Å². The average molecular weight is 273 g/mol. The van der Waals surface area contributed by atoms with Gasteiger partial charge in [-0.25, -0.2) is 0 Å². The van der Waals surface area contributed by atoms with E-state index in [-0.39, 0.29) is 0 Å². The number of nitrogens with zero attached hydrogens (tertiary/aromatic N) is 3. The number of rotatable bonds is 3. The third kappa shape index (κ3) is 2.45. The first-order chi connectivity index (χ1) is 9.61. The number of aromatic nitrogens is 2. The lowest BCUT2D eigenvalue weighted by molar-refractivity contribution is -0.0156. The first-order valence-electron chi connectivity index (χ1n) is 7.47. The molecule has 1 saturated heterocycles. The monoisotopic (exact) mass is 273 g/mol. The molecule has 0 amide bonds. The molecule has 2 heterocycles. The van der Waals surface area contributed by atoms with Crippen LogP contribution < -0.4 is 0 Å². The fourth-order valence-corrected chi connectivity index (χ4v) is 3.09. The molecule has 0 bridgehead atoms. The van der Waals surface area contributed by atoms with Gasteiger partial charge in [0.1, 0.15) is 0 Å². The Kier molecular flexibility index (Phi) is 3.52. The minimum Gasteiger partial charge on any atom is -0.389 e. The van der Waals surface area contributed by atoms with Crippen LogP contribution in [0.3, 0.4) is 0 Å². The summed E-state index contributed by atoms with van der Waals surface area (Å²) in [6, 6.07) is 8.31. The molecule has 108 valence electrons. The molecule has 20 heavy (non-hydrogen) atoms. The van der Waals surface area contributed by atoms with E-state index < -0.39 is 5.60 Å². The van der Waals surface area contributed by atoms with Crippen molar-refractivity contribution in [1.82, 2.24) is 14.7 Å². The second kappa shape index (κ2) is 5.19. The van der Waals surface area contributed by atoms with Crippen molar-refractivity contribution in [3.63, 3.8) is 0 Å². The number of benzene rings is 1. The number of para-hydroxylation sites is 1. The fourth-order valence-electron chi connectivity index (χ4n) is 3.09. The third-order valence-corrected chi connectivity index (χ3v) is 4.45. The summed E-state index contributed by atoms with van der Waals surface area (Å²) in [5.41, 5.74) is 1.61. The lowest BCUT2D eigenvalue weighted by Gasteiger charge is -2.36. The van der Waals surface area contributed by atoms with Crippen LogP contribution in [-0.2, 0) is 13.0 Å². The topological polar surface area (TPSA) is 41.3 Å². The molecular formula is C16H23N3O. The van der Waals surface area contributed by atoms with Crippen LogP contribution in [0.15, 0.2) is 24.3 Å². The number of aryl methyl sites for hydroxylation is 1. The standard InChI is InChI=1S/C16H23N3O/c1-3-19-15-7-5-4-6-13(15)14(17-19)12-16(20)8-10-18(2)11-9-16/h4-7,20H,3,8-12H2,1-2H3. The molecule has 1 aromatic heterocycles. The molecular weight excluding hydrogens is 250 g/mol. The largest absolute Gasteiger partial charge is 0.389 e. The minimum atomic E-state index is -0.595. The van der Waals surface area contributed by atoms with Crippen molar-refractivity contribution < 1.29 is 5.11 Å². The molecule has 1 aliphatic rings. The van der Waals surface area contributed by atoms with Gasteiger partial charge in [-0.05, 0) is 32.9 Å². The zero-order chi connectivity index (χ0) is 14.2. The number of piperidine rings is 1. The van der Waals surface area contributed by atoms with Gasteiger partial charge in [-0.2, -0.15) is 5.10 Å². The summed E-state index contributed by atoms with van der Waals surface area (Å²) in [5.74, 6) is 0. The van der Waals surface area contributed by atoms with Crippen LogP contribution >= 0.6 is 0 Å². The molecule has 1 N–H and O–H groups in total. The van der Waals surface area contributed by atoms with E-state index in [1.165, 1.54) is 10.9 Å². The molecule has 0 unspecified atom stereocenters. The molecule has 1 fully saturated rings. The maximum absolute atomic E-state index is 10.8. The van der Waals surface area contributed by atoms with E-state index >= 15 is 0 Å². The Balaban J connectivity index is 1.91. The summed E-state index contributed by atoms with van der Waals surface area (Å²) in [6.45, 7) is 4.89. The summed E-state index contributed by atoms with van der Waals surface area (Å²) in [4.78, 5) is 2.28. The van der Waals surface area contributed by atoms with E-state index in [1.807, 2.05) is 16.8 Å². The van der Waals surface area contributed by atoms with Gasteiger partial charge in [0.15, 0.2) is 0 Å². The first kappa shape index (κ1) is 13.6. The summed E-state index contributed by atoms with van der Waals surface area (Å²) in [5, 5.41) is 16.7. The molecule has 0 atom stereocenters. The summed E-state index contributed by atoms with van der Waals surface area (Å²) in [7, 11) is 2.11. The molecule has 3 rings (SSSR count). The van der Waals surface area contributed by atoms with Crippen LogP contribution in [0.2, 0.25) is 0 Å². The molecule has 0 radical (unpaired) electrons. The Morgan fingerprint density at radius 2 is 1.95 bits per heavy atom. The number of likely N-dealkylation sites (tertiary alicyclic amines) is 1. The van der Waals surface area contributed by atoms with Gasteiger partial charge in [0, 0.05) is 31.4 Å². The predicted octanol–water partition coefficient (Wildman–Crippen LogP) is 2.06. The highest BCUT2D eigenvalue weighted by molar-refractivity contribution is 5.82. The molecule has 0 spiro atoms. The summed E-state index contributed by atoms with van der Waals surface area (Å²) >= 11 is 0. The van der Waals surface area contributed by atoms with E-state index in [1.54, 1.807) is 0 Å². The van der Waals surface area contributed by atoms with E-state index in [0.29, 0.717) is 6.42 Å². The number of hydrogen-bond donors (Lipinski definition) is 1. The maximum Gasteiger partial charge on any atom is 0.0732 e. The van der Waals surface area contributed by atoms with E-state index in [9.17, 15) is 5.11 Å². The van der Waals surface area contributed by atoms with Crippen LogP contribution in [0.5, 0.6) is 0 Å². The van der Waals surface area contributed by atoms with Gasteiger partial charge in [0.05, 0.1) is 16.8 Å². The predicted molar refractivity (Wildman–Crippen MR) is 80.8 cm³/mol. The van der Waals surface area contributed by atoms with E-state index in [2.05, 4.69) is 31.0 Å². The Bertz CT molecular complexity index is 597. The highest BCUT2D eigenvalue weighted by Crippen LogP contribution is 2.28. The number of fused-ring (bicyclic) bond motifs is 1. The zero-order valence-corrected chi connectivity index (χ0v) is 12.3. The Hall–Kier alpha value is -1.39. The Labute approximate surface area is 120 Å². The lowest BCUT2D eigenvalue weighted by atomic mass is 9.86. The van der Waals surface area contributed by atoms with Gasteiger partial charge in [0.2, 0.25) is 0 Å². The van der Waals surface area contributed by atoms with Gasteiger partial charge in [-0.3, -0.25) is 4.68 Å². The molecule has 0 saturated carbocycles. The molecule has 4 nitrogen and oxygen atoms in total. The first-order valence-corrected chi connectivity index (χ1v) is 7.47.